The lowest BCUT2D eigenvalue weighted by atomic mass is 10.2. The number of amides is 1. The zero-order chi connectivity index (χ0) is 15.1. The zero-order valence-corrected chi connectivity index (χ0v) is 13.2. The minimum absolute atomic E-state index is 0.107. The SMILES string of the molecule is CCCNc1cnccc1C(=O)NCc1ncc(CC)s1. The van der Waals surface area contributed by atoms with Crippen molar-refractivity contribution < 1.29 is 4.79 Å². The van der Waals surface area contributed by atoms with Crippen LogP contribution in [0, 0.1) is 0 Å². The minimum Gasteiger partial charge on any atom is -0.383 e. The molecule has 2 N–H and O–H groups in total. The number of hydrogen-bond acceptors (Lipinski definition) is 5. The average molecular weight is 304 g/mol. The van der Waals surface area contributed by atoms with E-state index in [1.165, 1.54) is 4.88 Å². The second-order valence-corrected chi connectivity index (χ2v) is 5.80. The molecule has 2 heterocycles. The van der Waals surface area contributed by atoms with E-state index in [1.807, 2.05) is 6.20 Å². The number of nitrogens with zero attached hydrogens (tertiary/aromatic N) is 2. The maximum absolute atomic E-state index is 12.3. The largest absolute Gasteiger partial charge is 0.383 e. The molecule has 0 aliphatic heterocycles. The fourth-order valence-electron chi connectivity index (χ4n) is 1.84. The summed E-state index contributed by atoms with van der Waals surface area (Å²) in [5.41, 5.74) is 1.39. The van der Waals surface area contributed by atoms with Gasteiger partial charge in [0.1, 0.15) is 5.01 Å². The molecular weight excluding hydrogens is 284 g/mol. The molecule has 2 aromatic heterocycles. The maximum Gasteiger partial charge on any atom is 0.253 e. The number of nitrogens with one attached hydrogen (secondary N) is 2. The number of carbonyl (C=O) groups excluding carboxylic acids is 1. The van der Waals surface area contributed by atoms with Gasteiger partial charge in [-0.3, -0.25) is 9.78 Å². The summed E-state index contributed by atoms with van der Waals surface area (Å²) >= 11 is 1.63. The Balaban J connectivity index is 1.99. The van der Waals surface area contributed by atoms with Crippen LogP contribution in [0.5, 0.6) is 0 Å². The van der Waals surface area contributed by atoms with E-state index >= 15 is 0 Å². The first-order chi connectivity index (χ1) is 10.2. The number of aryl methyl sites for hydroxylation is 1. The molecule has 0 radical (unpaired) electrons. The Labute approximate surface area is 128 Å². The van der Waals surface area contributed by atoms with E-state index < -0.39 is 0 Å². The van der Waals surface area contributed by atoms with Crippen molar-refractivity contribution in [3.63, 3.8) is 0 Å². The highest BCUT2D eigenvalue weighted by Crippen LogP contribution is 2.15. The number of pyridine rings is 1. The van der Waals surface area contributed by atoms with E-state index in [4.69, 9.17) is 0 Å². The van der Waals surface area contributed by atoms with Crippen molar-refractivity contribution in [1.29, 1.82) is 0 Å². The molecule has 6 heteroatoms. The lowest BCUT2D eigenvalue weighted by Crippen LogP contribution is -2.24. The summed E-state index contributed by atoms with van der Waals surface area (Å²) in [6, 6.07) is 1.73. The van der Waals surface area contributed by atoms with E-state index in [2.05, 4.69) is 34.4 Å². The molecule has 5 nitrogen and oxygen atoms in total. The van der Waals surface area contributed by atoms with Gasteiger partial charge in [-0.05, 0) is 18.9 Å². The van der Waals surface area contributed by atoms with Crippen LogP contribution in [0.2, 0.25) is 0 Å². The van der Waals surface area contributed by atoms with Crippen LogP contribution >= 0.6 is 11.3 Å². The van der Waals surface area contributed by atoms with Crippen LogP contribution in [-0.4, -0.2) is 22.4 Å². The summed E-state index contributed by atoms with van der Waals surface area (Å²) in [6.07, 6.45) is 7.15. The standard InChI is InChI=1S/C15H20N4OS/c1-3-6-17-13-9-16-7-5-12(13)15(20)19-10-14-18-8-11(4-2)21-14/h5,7-9,17H,3-4,6,10H2,1-2H3,(H,19,20). The van der Waals surface area contributed by atoms with Crippen LogP contribution in [0.4, 0.5) is 5.69 Å². The van der Waals surface area contributed by atoms with Crippen molar-refractivity contribution >= 4 is 22.9 Å². The molecule has 0 fully saturated rings. The molecule has 0 saturated heterocycles. The van der Waals surface area contributed by atoms with Crippen molar-refractivity contribution in [2.45, 2.75) is 33.2 Å². The zero-order valence-electron chi connectivity index (χ0n) is 12.3. The van der Waals surface area contributed by atoms with Gasteiger partial charge in [0.2, 0.25) is 0 Å². The number of hydrogen-bond donors (Lipinski definition) is 2. The monoisotopic (exact) mass is 304 g/mol. The summed E-state index contributed by atoms with van der Waals surface area (Å²) in [5, 5.41) is 7.06. The first-order valence-corrected chi connectivity index (χ1v) is 7.95. The summed E-state index contributed by atoms with van der Waals surface area (Å²) in [6.45, 7) is 5.45. The second kappa shape index (κ2) is 7.73. The van der Waals surface area contributed by atoms with Crippen LogP contribution in [0.25, 0.3) is 0 Å². The number of carbonyl (C=O) groups is 1. The molecule has 0 saturated carbocycles. The highest BCUT2D eigenvalue weighted by molar-refractivity contribution is 7.11. The van der Waals surface area contributed by atoms with Crippen LogP contribution in [0.3, 0.4) is 0 Å². The fourth-order valence-corrected chi connectivity index (χ4v) is 2.64. The minimum atomic E-state index is -0.107. The Bertz CT molecular complexity index is 597. The van der Waals surface area contributed by atoms with E-state index in [0.717, 1.165) is 30.1 Å². The molecule has 0 aromatic carbocycles. The molecule has 0 aliphatic rings. The van der Waals surface area contributed by atoms with E-state index in [9.17, 15) is 4.79 Å². The Kier molecular flexibility index (Phi) is 5.68. The quantitative estimate of drug-likeness (QED) is 0.825. The summed E-state index contributed by atoms with van der Waals surface area (Å²) in [4.78, 5) is 21.9. The Hall–Kier alpha value is -1.95. The van der Waals surface area contributed by atoms with Crippen molar-refractivity contribution in [3.05, 3.63) is 40.1 Å². The third-order valence-corrected chi connectivity index (χ3v) is 4.12. The van der Waals surface area contributed by atoms with Gasteiger partial charge >= 0.3 is 0 Å². The number of anilines is 1. The molecule has 0 unspecified atom stereocenters. The smallest absolute Gasteiger partial charge is 0.253 e. The first-order valence-electron chi connectivity index (χ1n) is 7.14. The molecule has 21 heavy (non-hydrogen) atoms. The molecule has 0 aliphatic carbocycles. The van der Waals surface area contributed by atoms with Crippen LogP contribution < -0.4 is 10.6 Å². The van der Waals surface area contributed by atoms with Crippen LogP contribution in [-0.2, 0) is 13.0 Å². The number of thiazole rings is 1. The summed E-state index contributed by atoms with van der Waals surface area (Å²) in [7, 11) is 0. The number of aromatic nitrogens is 2. The van der Waals surface area contributed by atoms with Gasteiger partial charge in [-0.2, -0.15) is 0 Å². The maximum atomic E-state index is 12.3. The van der Waals surface area contributed by atoms with E-state index in [-0.39, 0.29) is 5.91 Å². The van der Waals surface area contributed by atoms with Gasteiger partial charge in [0.05, 0.1) is 24.0 Å². The van der Waals surface area contributed by atoms with Gasteiger partial charge in [-0.15, -0.1) is 11.3 Å². The average Bonchev–Trinajstić information content (AvgIpc) is 2.99. The lowest BCUT2D eigenvalue weighted by Gasteiger charge is -2.10. The Morgan fingerprint density at radius 2 is 2.19 bits per heavy atom. The third-order valence-electron chi connectivity index (χ3n) is 2.98. The van der Waals surface area contributed by atoms with Crippen molar-refractivity contribution in [2.24, 2.45) is 0 Å². The highest BCUT2D eigenvalue weighted by Gasteiger charge is 2.11. The Morgan fingerprint density at radius 1 is 1.33 bits per heavy atom. The van der Waals surface area contributed by atoms with Crippen molar-refractivity contribution in [2.75, 3.05) is 11.9 Å². The molecule has 2 aromatic rings. The van der Waals surface area contributed by atoms with Crippen molar-refractivity contribution in [1.82, 2.24) is 15.3 Å². The molecule has 1 amide bonds. The van der Waals surface area contributed by atoms with E-state index in [1.54, 1.807) is 29.8 Å². The normalized spacial score (nSPS) is 10.4. The predicted molar refractivity (Wildman–Crippen MR) is 85.7 cm³/mol. The van der Waals surface area contributed by atoms with Crippen LogP contribution in [0.15, 0.2) is 24.7 Å². The predicted octanol–water partition coefficient (Wildman–Crippen LogP) is 2.85. The topological polar surface area (TPSA) is 66.9 Å². The molecule has 0 spiro atoms. The molecule has 2 rings (SSSR count). The Morgan fingerprint density at radius 3 is 2.90 bits per heavy atom. The second-order valence-electron chi connectivity index (χ2n) is 4.60. The fraction of sp³-hybridized carbons (Fsp3) is 0.400. The van der Waals surface area contributed by atoms with Crippen LogP contribution in [0.1, 0.15) is 40.5 Å². The summed E-state index contributed by atoms with van der Waals surface area (Å²) in [5.74, 6) is -0.107. The summed E-state index contributed by atoms with van der Waals surface area (Å²) < 4.78 is 0. The molecule has 0 atom stereocenters. The van der Waals surface area contributed by atoms with E-state index in [0.29, 0.717) is 12.1 Å². The number of rotatable bonds is 7. The van der Waals surface area contributed by atoms with Gasteiger partial charge in [0, 0.05) is 23.8 Å². The van der Waals surface area contributed by atoms with Gasteiger partial charge in [-0.1, -0.05) is 13.8 Å². The van der Waals surface area contributed by atoms with Gasteiger partial charge in [0.15, 0.2) is 0 Å². The van der Waals surface area contributed by atoms with Gasteiger partial charge in [0.25, 0.3) is 5.91 Å². The van der Waals surface area contributed by atoms with Gasteiger partial charge in [-0.25, -0.2) is 4.98 Å². The molecule has 112 valence electrons. The first kappa shape index (κ1) is 15.4. The van der Waals surface area contributed by atoms with Crippen molar-refractivity contribution in [3.8, 4) is 0 Å². The highest BCUT2D eigenvalue weighted by atomic mass is 32.1. The third kappa shape index (κ3) is 4.26. The lowest BCUT2D eigenvalue weighted by molar-refractivity contribution is 0.0951. The molecule has 0 bridgehead atoms. The molecular formula is C15H20N4OS. The van der Waals surface area contributed by atoms with Gasteiger partial charge < -0.3 is 10.6 Å².